The van der Waals surface area contributed by atoms with Crippen molar-refractivity contribution in [2.75, 3.05) is 23.7 Å². The van der Waals surface area contributed by atoms with E-state index in [-0.39, 0.29) is 18.9 Å². The van der Waals surface area contributed by atoms with Gasteiger partial charge in [0, 0.05) is 24.5 Å². The highest BCUT2D eigenvalue weighted by molar-refractivity contribution is 7.92. The fourth-order valence-electron chi connectivity index (χ4n) is 3.19. The maximum absolute atomic E-state index is 12.2. The summed E-state index contributed by atoms with van der Waals surface area (Å²) in [5.41, 5.74) is 3.76. The molecule has 0 radical (unpaired) electrons. The maximum atomic E-state index is 12.2. The number of aryl methyl sites for hydroxylation is 2. The monoisotopic (exact) mass is 436 g/mol. The number of carbonyl (C=O) groups is 1. The quantitative estimate of drug-likeness (QED) is 0.566. The van der Waals surface area contributed by atoms with Gasteiger partial charge in [0.1, 0.15) is 0 Å². The Morgan fingerprint density at radius 3 is 2.52 bits per heavy atom. The highest BCUT2D eigenvalue weighted by atomic mass is 35.5. The topological polar surface area (TPSA) is 66.5 Å². The van der Waals surface area contributed by atoms with E-state index in [0.717, 1.165) is 12.8 Å². The third-order valence-corrected chi connectivity index (χ3v) is 6.31. The predicted octanol–water partition coefficient (Wildman–Crippen LogP) is 4.25. The molecule has 29 heavy (non-hydrogen) atoms. The molecule has 0 aliphatic carbocycles. The third-order valence-electron chi connectivity index (χ3n) is 4.72. The zero-order valence-corrected chi connectivity index (χ0v) is 18.8. The molecule has 1 amide bonds. The molecule has 158 valence electrons. The molecule has 0 heterocycles. The second-order valence-corrected chi connectivity index (χ2v) is 9.58. The van der Waals surface area contributed by atoms with E-state index in [1.54, 1.807) is 25.1 Å². The third kappa shape index (κ3) is 7.37. The number of benzene rings is 2. The van der Waals surface area contributed by atoms with Crippen molar-refractivity contribution in [3.8, 4) is 0 Å². The minimum atomic E-state index is -3.47. The molecule has 0 atom stereocenters. The van der Waals surface area contributed by atoms with Crippen LogP contribution in [0.1, 0.15) is 36.0 Å². The van der Waals surface area contributed by atoms with Crippen LogP contribution in [-0.2, 0) is 21.2 Å². The van der Waals surface area contributed by atoms with Crippen LogP contribution in [0.25, 0.3) is 0 Å². The van der Waals surface area contributed by atoms with E-state index in [9.17, 15) is 13.2 Å². The summed E-state index contributed by atoms with van der Waals surface area (Å²) in [5.74, 6) is -0.0643. The standard InChI is InChI=1S/C22H29ClN2O3S/c1-17-8-4-9-19(16-17)10-6-14-24-22(26)13-7-15-25(29(3,27)28)21-12-5-11-20(23)18(21)2/h4-5,8-9,11-12,16H,6-7,10,13-15H2,1-3H3,(H,24,26). The molecule has 0 spiro atoms. The molecule has 0 aliphatic rings. The second kappa shape index (κ2) is 10.6. The number of rotatable bonds is 10. The van der Waals surface area contributed by atoms with E-state index in [4.69, 9.17) is 11.6 Å². The second-order valence-electron chi connectivity index (χ2n) is 7.27. The normalized spacial score (nSPS) is 11.3. The Morgan fingerprint density at radius 1 is 1.10 bits per heavy atom. The van der Waals surface area contributed by atoms with Crippen molar-refractivity contribution >= 4 is 33.2 Å². The lowest BCUT2D eigenvalue weighted by Gasteiger charge is -2.24. The highest BCUT2D eigenvalue weighted by Crippen LogP contribution is 2.28. The number of anilines is 1. The van der Waals surface area contributed by atoms with E-state index in [1.165, 1.54) is 21.7 Å². The largest absolute Gasteiger partial charge is 0.356 e. The molecule has 0 saturated heterocycles. The SMILES string of the molecule is Cc1cccc(CCCNC(=O)CCCN(c2cccc(Cl)c2C)S(C)(=O)=O)c1. The molecule has 0 unspecified atom stereocenters. The van der Waals surface area contributed by atoms with E-state index >= 15 is 0 Å². The van der Waals surface area contributed by atoms with Gasteiger partial charge in [0.2, 0.25) is 15.9 Å². The van der Waals surface area contributed by atoms with Crippen molar-refractivity contribution in [1.29, 1.82) is 0 Å². The van der Waals surface area contributed by atoms with Gasteiger partial charge in [0.05, 0.1) is 11.9 Å². The molecule has 0 aliphatic heterocycles. The van der Waals surface area contributed by atoms with Crippen LogP contribution in [0.4, 0.5) is 5.69 Å². The highest BCUT2D eigenvalue weighted by Gasteiger charge is 2.20. The molecule has 0 aromatic heterocycles. The molecule has 0 fully saturated rings. The number of nitrogens with one attached hydrogen (secondary N) is 1. The van der Waals surface area contributed by atoms with Crippen molar-refractivity contribution in [3.05, 3.63) is 64.2 Å². The summed E-state index contributed by atoms with van der Waals surface area (Å²) in [4.78, 5) is 12.1. The fourth-order valence-corrected chi connectivity index (χ4v) is 4.38. The van der Waals surface area contributed by atoms with Crippen LogP contribution >= 0.6 is 11.6 Å². The lowest BCUT2D eigenvalue weighted by molar-refractivity contribution is -0.121. The number of halogens is 1. The Hall–Kier alpha value is -2.05. The lowest BCUT2D eigenvalue weighted by Crippen LogP contribution is -2.32. The zero-order chi connectivity index (χ0) is 21.4. The molecule has 2 rings (SSSR count). The van der Waals surface area contributed by atoms with Crippen molar-refractivity contribution in [2.45, 2.75) is 39.5 Å². The average Bonchev–Trinajstić information content (AvgIpc) is 2.64. The number of hydrogen-bond acceptors (Lipinski definition) is 3. The van der Waals surface area contributed by atoms with Crippen molar-refractivity contribution in [2.24, 2.45) is 0 Å². The van der Waals surface area contributed by atoms with E-state index < -0.39 is 10.0 Å². The summed E-state index contributed by atoms with van der Waals surface area (Å²) in [5, 5.41) is 3.43. The summed E-state index contributed by atoms with van der Waals surface area (Å²) in [6.07, 6.45) is 3.65. The number of carbonyl (C=O) groups excluding carboxylic acids is 1. The van der Waals surface area contributed by atoms with Crippen LogP contribution in [0.5, 0.6) is 0 Å². The Morgan fingerprint density at radius 2 is 1.83 bits per heavy atom. The fraction of sp³-hybridized carbons (Fsp3) is 0.409. The number of sulfonamides is 1. The Kier molecular flexibility index (Phi) is 8.53. The van der Waals surface area contributed by atoms with Gasteiger partial charge in [0.15, 0.2) is 0 Å². The minimum Gasteiger partial charge on any atom is -0.356 e. The summed E-state index contributed by atoms with van der Waals surface area (Å²) in [7, 11) is -3.47. The first-order valence-electron chi connectivity index (χ1n) is 9.73. The maximum Gasteiger partial charge on any atom is 0.232 e. The summed E-state index contributed by atoms with van der Waals surface area (Å²) < 4.78 is 25.8. The van der Waals surface area contributed by atoms with Gasteiger partial charge in [-0.15, -0.1) is 0 Å². The van der Waals surface area contributed by atoms with Crippen LogP contribution < -0.4 is 9.62 Å². The van der Waals surface area contributed by atoms with Crippen LogP contribution in [0.2, 0.25) is 5.02 Å². The molecule has 1 N–H and O–H groups in total. The van der Waals surface area contributed by atoms with Gasteiger partial charge >= 0.3 is 0 Å². The van der Waals surface area contributed by atoms with Crippen LogP contribution in [0.3, 0.4) is 0 Å². The molecular weight excluding hydrogens is 408 g/mol. The van der Waals surface area contributed by atoms with Gasteiger partial charge < -0.3 is 5.32 Å². The molecule has 0 saturated carbocycles. The Labute approximate surface area is 179 Å². The summed E-state index contributed by atoms with van der Waals surface area (Å²) in [6.45, 7) is 4.69. The Balaban J connectivity index is 1.80. The molecule has 2 aromatic rings. The van der Waals surface area contributed by atoms with Gasteiger partial charge in [0.25, 0.3) is 0 Å². The van der Waals surface area contributed by atoms with Gasteiger partial charge in [-0.05, 0) is 56.4 Å². The zero-order valence-electron chi connectivity index (χ0n) is 17.2. The molecule has 7 heteroatoms. The summed E-state index contributed by atoms with van der Waals surface area (Å²) in [6, 6.07) is 13.5. The first-order chi connectivity index (χ1) is 13.7. The van der Waals surface area contributed by atoms with E-state index in [2.05, 4.69) is 30.4 Å². The van der Waals surface area contributed by atoms with Gasteiger partial charge in [-0.2, -0.15) is 0 Å². The molecule has 0 bridgehead atoms. The van der Waals surface area contributed by atoms with E-state index in [1.807, 2.05) is 6.07 Å². The number of hydrogen-bond donors (Lipinski definition) is 1. The van der Waals surface area contributed by atoms with Crippen LogP contribution in [0, 0.1) is 13.8 Å². The smallest absolute Gasteiger partial charge is 0.232 e. The van der Waals surface area contributed by atoms with Crippen molar-refractivity contribution in [3.63, 3.8) is 0 Å². The number of nitrogens with zero attached hydrogens (tertiary/aromatic N) is 1. The minimum absolute atomic E-state index is 0.0643. The van der Waals surface area contributed by atoms with Gasteiger partial charge in [-0.1, -0.05) is 47.5 Å². The van der Waals surface area contributed by atoms with Crippen LogP contribution in [0.15, 0.2) is 42.5 Å². The van der Waals surface area contributed by atoms with Gasteiger partial charge in [-0.25, -0.2) is 8.42 Å². The average molecular weight is 437 g/mol. The first kappa shape index (κ1) is 23.2. The molecular formula is C22H29ClN2O3S. The lowest BCUT2D eigenvalue weighted by atomic mass is 10.1. The predicted molar refractivity (Wildman–Crippen MR) is 120 cm³/mol. The summed E-state index contributed by atoms with van der Waals surface area (Å²) >= 11 is 6.13. The Bertz CT molecular complexity index is 945. The number of amides is 1. The van der Waals surface area contributed by atoms with Gasteiger partial charge in [-0.3, -0.25) is 9.10 Å². The molecule has 5 nitrogen and oxygen atoms in total. The van der Waals surface area contributed by atoms with Crippen LogP contribution in [-0.4, -0.2) is 33.7 Å². The molecule has 2 aromatic carbocycles. The van der Waals surface area contributed by atoms with E-state index in [0.29, 0.717) is 29.2 Å². The van der Waals surface area contributed by atoms with Crippen molar-refractivity contribution in [1.82, 2.24) is 5.32 Å². The van der Waals surface area contributed by atoms with Crippen molar-refractivity contribution < 1.29 is 13.2 Å². The first-order valence-corrected chi connectivity index (χ1v) is 12.0.